The summed E-state index contributed by atoms with van der Waals surface area (Å²) >= 11 is 0. The molecule has 3 rings (SSSR count). The average Bonchev–Trinajstić information content (AvgIpc) is 2.75. The second-order valence-corrected chi connectivity index (χ2v) is 6.65. The van der Waals surface area contributed by atoms with Crippen LogP contribution in [0.2, 0.25) is 0 Å². The van der Waals surface area contributed by atoms with E-state index < -0.39 is 0 Å². The maximum absolute atomic E-state index is 12.8. The zero-order valence-corrected chi connectivity index (χ0v) is 17.3. The summed E-state index contributed by atoms with van der Waals surface area (Å²) in [6.07, 6.45) is 0. The number of rotatable bonds is 8. The van der Waals surface area contributed by atoms with Gasteiger partial charge in [-0.25, -0.2) is 4.98 Å². The fourth-order valence-corrected chi connectivity index (χ4v) is 3.14. The average molecular weight is 418 g/mol. The second kappa shape index (κ2) is 10.1. The Morgan fingerprint density at radius 1 is 1.10 bits per heavy atom. The van der Waals surface area contributed by atoms with E-state index in [4.69, 9.17) is 18.9 Å². The van der Waals surface area contributed by atoms with Crippen molar-refractivity contribution in [2.45, 2.75) is 13.2 Å². The van der Waals surface area contributed by atoms with Gasteiger partial charge in [-0.05, 0) is 0 Å². The molecule has 1 aliphatic rings. The van der Waals surface area contributed by atoms with E-state index in [0.717, 1.165) is 0 Å². The van der Waals surface area contributed by atoms with Crippen molar-refractivity contribution < 1.29 is 23.7 Å². The van der Waals surface area contributed by atoms with Crippen LogP contribution >= 0.6 is 0 Å². The SMILES string of the molecule is COCc1cc(=O)n(CC(=O)Nc2cc(OC)cc(OC)c2)c(N2CCOCC2)n1. The third kappa shape index (κ3) is 5.28. The molecule has 0 atom stereocenters. The lowest BCUT2D eigenvalue weighted by molar-refractivity contribution is -0.116. The molecular formula is C20H26N4O6. The number of carbonyl (C=O) groups excluding carboxylic acids is 1. The summed E-state index contributed by atoms with van der Waals surface area (Å²) < 4.78 is 22.3. The van der Waals surface area contributed by atoms with Crippen LogP contribution in [-0.2, 0) is 27.4 Å². The number of hydrogen-bond donors (Lipinski definition) is 1. The Kier molecular flexibility index (Phi) is 7.26. The third-order valence-electron chi connectivity index (χ3n) is 4.56. The van der Waals surface area contributed by atoms with Gasteiger partial charge in [0.05, 0.1) is 39.7 Å². The number of aromatic nitrogens is 2. The maximum atomic E-state index is 12.8. The fraction of sp³-hybridized carbons (Fsp3) is 0.450. The largest absolute Gasteiger partial charge is 0.497 e. The molecule has 0 saturated carbocycles. The lowest BCUT2D eigenvalue weighted by atomic mass is 10.2. The smallest absolute Gasteiger partial charge is 0.255 e. The molecule has 2 heterocycles. The zero-order valence-electron chi connectivity index (χ0n) is 17.3. The predicted molar refractivity (Wildman–Crippen MR) is 110 cm³/mol. The Morgan fingerprint density at radius 3 is 2.37 bits per heavy atom. The van der Waals surface area contributed by atoms with Gasteiger partial charge in [-0.3, -0.25) is 14.2 Å². The van der Waals surface area contributed by atoms with Crippen LogP contribution in [0.1, 0.15) is 5.69 Å². The molecule has 0 aliphatic carbocycles. The summed E-state index contributed by atoms with van der Waals surface area (Å²) in [6.45, 7) is 2.24. The first kappa shape index (κ1) is 21.6. The minimum absolute atomic E-state index is 0.189. The molecule has 0 spiro atoms. The molecular weight excluding hydrogens is 392 g/mol. The first-order valence-corrected chi connectivity index (χ1v) is 9.49. The summed E-state index contributed by atoms with van der Waals surface area (Å²) in [7, 11) is 4.60. The first-order chi connectivity index (χ1) is 14.5. The fourth-order valence-electron chi connectivity index (χ4n) is 3.14. The van der Waals surface area contributed by atoms with Gasteiger partial charge in [-0.15, -0.1) is 0 Å². The van der Waals surface area contributed by atoms with Crippen LogP contribution in [0, 0.1) is 0 Å². The summed E-state index contributed by atoms with van der Waals surface area (Å²) in [5, 5.41) is 2.78. The van der Waals surface area contributed by atoms with Gasteiger partial charge in [-0.1, -0.05) is 0 Å². The quantitative estimate of drug-likeness (QED) is 0.674. The number of amides is 1. The molecule has 0 unspecified atom stereocenters. The van der Waals surface area contributed by atoms with Gasteiger partial charge in [0.2, 0.25) is 11.9 Å². The number of anilines is 2. The van der Waals surface area contributed by atoms with Gasteiger partial charge < -0.3 is 29.2 Å². The van der Waals surface area contributed by atoms with Crippen molar-refractivity contribution in [3.05, 3.63) is 40.3 Å². The lowest BCUT2D eigenvalue weighted by Gasteiger charge is -2.29. The summed E-state index contributed by atoms with van der Waals surface area (Å²) in [5.74, 6) is 1.14. The van der Waals surface area contributed by atoms with Gasteiger partial charge in [0.15, 0.2) is 0 Å². The van der Waals surface area contributed by atoms with E-state index >= 15 is 0 Å². The number of ether oxygens (including phenoxy) is 4. The zero-order chi connectivity index (χ0) is 21.5. The second-order valence-electron chi connectivity index (χ2n) is 6.65. The van der Waals surface area contributed by atoms with Crippen molar-refractivity contribution in [2.24, 2.45) is 0 Å². The summed E-state index contributed by atoms with van der Waals surface area (Å²) in [6, 6.07) is 6.43. The van der Waals surface area contributed by atoms with Crippen molar-refractivity contribution in [3.63, 3.8) is 0 Å². The number of benzene rings is 1. The van der Waals surface area contributed by atoms with Gasteiger partial charge in [0.25, 0.3) is 5.56 Å². The summed E-state index contributed by atoms with van der Waals surface area (Å²) in [5.41, 5.74) is 0.691. The number of nitrogens with one attached hydrogen (secondary N) is 1. The van der Waals surface area contributed by atoms with E-state index in [1.165, 1.54) is 32.0 Å². The minimum Gasteiger partial charge on any atom is -0.497 e. The van der Waals surface area contributed by atoms with Crippen LogP contribution in [0.4, 0.5) is 11.6 Å². The molecule has 1 aromatic heterocycles. The van der Waals surface area contributed by atoms with E-state index in [1.54, 1.807) is 18.2 Å². The molecule has 1 N–H and O–H groups in total. The van der Waals surface area contributed by atoms with Gasteiger partial charge in [0, 0.05) is 50.2 Å². The molecule has 10 heteroatoms. The van der Waals surface area contributed by atoms with Crippen LogP contribution in [-0.4, -0.2) is 63.1 Å². The van der Waals surface area contributed by atoms with E-state index in [0.29, 0.717) is 55.1 Å². The number of nitrogens with zero attached hydrogens (tertiary/aromatic N) is 3. The van der Waals surface area contributed by atoms with Crippen LogP contribution in [0.5, 0.6) is 11.5 Å². The third-order valence-corrected chi connectivity index (χ3v) is 4.56. The molecule has 162 valence electrons. The van der Waals surface area contributed by atoms with Gasteiger partial charge >= 0.3 is 0 Å². The Balaban J connectivity index is 1.86. The Hall–Kier alpha value is -3.11. The Bertz CT molecular complexity index is 917. The Labute approximate surface area is 174 Å². The predicted octanol–water partition coefficient (Wildman–Crippen LogP) is 0.882. The maximum Gasteiger partial charge on any atom is 0.255 e. The monoisotopic (exact) mass is 418 g/mol. The summed E-state index contributed by atoms with van der Waals surface area (Å²) in [4.78, 5) is 32.0. The molecule has 0 bridgehead atoms. The number of morpholine rings is 1. The van der Waals surface area contributed by atoms with Crippen LogP contribution < -0.4 is 25.2 Å². The number of hydrogen-bond acceptors (Lipinski definition) is 8. The molecule has 1 aliphatic heterocycles. The molecule has 2 aromatic rings. The van der Waals surface area contributed by atoms with Crippen molar-refractivity contribution in [2.75, 3.05) is 57.8 Å². The van der Waals surface area contributed by atoms with Crippen molar-refractivity contribution in [3.8, 4) is 11.5 Å². The van der Waals surface area contributed by atoms with Crippen molar-refractivity contribution in [1.29, 1.82) is 0 Å². The lowest BCUT2D eigenvalue weighted by Crippen LogP contribution is -2.42. The van der Waals surface area contributed by atoms with Crippen LogP contribution in [0.25, 0.3) is 0 Å². The molecule has 0 radical (unpaired) electrons. The van der Waals surface area contributed by atoms with Crippen molar-refractivity contribution >= 4 is 17.5 Å². The van der Waals surface area contributed by atoms with Gasteiger partial charge in [0.1, 0.15) is 18.0 Å². The van der Waals surface area contributed by atoms with Crippen LogP contribution in [0.3, 0.4) is 0 Å². The van der Waals surface area contributed by atoms with Gasteiger partial charge in [-0.2, -0.15) is 0 Å². The van der Waals surface area contributed by atoms with Crippen LogP contribution in [0.15, 0.2) is 29.1 Å². The molecule has 1 aromatic carbocycles. The molecule has 10 nitrogen and oxygen atoms in total. The highest BCUT2D eigenvalue weighted by atomic mass is 16.5. The number of carbonyl (C=O) groups is 1. The molecule has 1 saturated heterocycles. The highest BCUT2D eigenvalue weighted by Crippen LogP contribution is 2.25. The van der Waals surface area contributed by atoms with E-state index in [2.05, 4.69) is 10.3 Å². The first-order valence-electron chi connectivity index (χ1n) is 9.49. The van der Waals surface area contributed by atoms with E-state index in [9.17, 15) is 9.59 Å². The molecule has 1 fully saturated rings. The number of methoxy groups -OCH3 is 3. The minimum atomic E-state index is -0.372. The highest BCUT2D eigenvalue weighted by molar-refractivity contribution is 5.91. The highest BCUT2D eigenvalue weighted by Gasteiger charge is 2.20. The normalized spacial score (nSPS) is 13.8. The molecule has 1 amide bonds. The van der Waals surface area contributed by atoms with E-state index in [1.807, 2.05) is 4.90 Å². The molecule has 30 heavy (non-hydrogen) atoms. The van der Waals surface area contributed by atoms with E-state index in [-0.39, 0.29) is 24.6 Å². The topological polar surface area (TPSA) is 104 Å². The standard InChI is InChI=1S/C20H26N4O6/c1-27-13-15-10-19(26)24(20(22-15)23-4-6-30-7-5-23)12-18(25)21-14-8-16(28-2)11-17(9-14)29-3/h8-11H,4-7,12-13H2,1-3H3,(H,21,25). The Morgan fingerprint density at radius 2 is 1.77 bits per heavy atom. The van der Waals surface area contributed by atoms with Crippen molar-refractivity contribution in [1.82, 2.24) is 9.55 Å².